The van der Waals surface area contributed by atoms with Crippen LogP contribution in [0.4, 0.5) is 0 Å². The zero-order valence-corrected chi connectivity index (χ0v) is 8.78. The molecule has 2 nitrogen and oxygen atoms in total. The standard InChI is InChI=1S/C12H14N2/c1-9-5-4-6-10(2)12(9)11-7-14(3)8-13-11/h4-8H,1-3H3. The van der Waals surface area contributed by atoms with E-state index in [1.807, 2.05) is 17.9 Å². The van der Waals surface area contributed by atoms with Crippen molar-refractivity contribution in [3.8, 4) is 11.3 Å². The van der Waals surface area contributed by atoms with Gasteiger partial charge in [-0.3, -0.25) is 0 Å². The SMILES string of the molecule is Cc1cccc(C)c1-c1cn(C)cn1. The van der Waals surface area contributed by atoms with Gasteiger partial charge in [0.25, 0.3) is 0 Å². The highest BCUT2D eigenvalue weighted by molar-refractivity contribution is 5.66. The highest BCUT2D eigenvalue weighted by Gasteiger charge is 2.06. The number of benzene rings is 1. The summed E-state index contributed by atoms with van der Waals surface area (Å²) in [6, 6.07) is 6.32. The number of rotatable bonds is 1. The van der Waals surface area contributed by atoms with Crippen molar-refractivity contribution >= 4 is 0 Å². The van der Waals surface area contributed by atoms with Crippen LogP contribution in [0.5, 0.6) is 0 Å². The second kappa shape index (κ2) is 3.29. The van der Waals surface area contributed by atoms with Gasteiger partial charge in [-0.05, 0) is 25.0 Å². The van der Waals surface area contributed by atoms with E-state index in [-0.39, 0.29) is 0 Å². The molecule has 1 heterocycles. The summed E-state index contributed by atoms with van der Waals surface area (Å²) in [5.74, 6) is 0. The molecule has 0 bridgehead atoms. The normalized spacial score (nSPS) is 10.5. The van der Waals surface area contributed by atoms with Crippen molar-refractivity contribution in [2.45, 2.75) is 13.8 Å². The first-order chi connectivity index (χ1) is 6.68. The Kier molecular flexibility index (Phi) is 2.12. The van der Waals surface area contributed by atoms with Crippen molar-refractivity contribution in [3.63, 3.8) is 0 Å². The molecule has 2 aromatic rings. The fourth-order valence-electron chi connectivity index (χ4n) is 1.76. The van der Waals surface area contributed by atoms with E-state index in [0.717, 1.165) is 5.69 Å². The maximum Gasteiger partial charge on any atom is 0.0951 e. The maximum absolute atomic E-state index is 4.37. The molecule has 1 aromatic heterocycles. The average Bonchev–Trinajstić information content (AvgIpc) is 2.51. The molecule has 0 N–H and O–H groups in total. The van der Waals surface area contributed by atoms with Crippen molar-refractivity contribution in [2.75, 3.05) is 0 Å². The first-order valence-corrected chi connectivity index (χ1v) is 4.73. The number of aryl methyl sites for hydroxylation is 3. The predicted molar refractivity (Wildman–Crippen MR) is 58.1 cm³/mol. The average molecular weight is 186 g/mol. The second-order valence-corrected chi connectivity index (χ2v) is 3.69. The molecule has 1 aromatic carbocycles. The van der Waals surface area contributed by atoms with E-state index in [0.29, 0.717) is 0 Å². The van der Waals surface area contributed by atoms with Crippen LogP contribution < -0.4 is 0 Å². The van der Waals surface area contributed by atoms with Crippen LogP contribution in [0.3, 0.4) is 0 Å². The molecule has 0 aliphatic rings. The van der Waals surface area contributed by atoms with E-state index in [9.17, 15) is 0 Å². The van der Waals surface area contributed by atoms with Gasteiger partial charge in [0, 0.05) is 18.8 Å². The van der Waals surface area contributed by atoms with Gasteiger partial charge in [-0.15, -0.1) is 0 Å². The Morgan fingerprint density at radius 3 is 2.29 bits per heavy atom. The van der Waals surface area contributed by atoms with Crippen LogP contribution in [-0.2, 0) is 7.05 Å². The molecule has 14 heavy (non-hydrogen) atoms. The number of nitrogens with zero attached hydrogens (tertiary/aromatic N) is 2. The third-order valence-corrected chi connectivity index (χ3v) is 2.44. The van der Waals surface area contributed by atoms with Crippen LogP contribution in [0.1, 0.15) is 11.1 Å². The van der Waals surface area contributed by atoms with Crippen LogP contribution in [0, 0.1) is 13.8 Å². The molecule has 72 valence electrons. The van der Waals surface area contributed by atoms with Gasteiger partial charge in [0.15, 0.2) is 0 Å². The first-order valence-electron chi connectivity index (χ1n) is 4.73. The monoisotopic (exact) mass is 186 g/mol. The Balaban J connectivity index is 2.61. The molecule has 0 saturated carbocycles. The summed E-state index contributed by atoms with van der Waals surface area (Å²) in [6.45, 7) is 4.24. The third kappa shape index (κ3) is 1.43. The number of hydrogen-bond acceptors (Lipinski definition) is 1. The summed E-state index contributed by atoms with van der Waals surface area (Å²) >= 11 is 0. The number of hydrogen-bond donors (Lipinski definition) is 0. The largest absolute Gasteiger partial charge is 0.340 e. The van der Waals surface area contributed by atoms with Crippen molar-refractivity contribution in [1.29, 1.82) is 0 Å². The molecule has 0 spiro atoms. The summed E-state index contributed by atoms with van der Waals surface area (Å²) in [5, 5.41) is 0. The van der Waals surface area contributed by atoms with Crippen molar-refractivity contribution in [3.05, 3.63) is 41.9 Å². The van der Waals surface area contributed by atoms with Crippen molar-refractivity contribution < 1.29 is 0 Å². The van der Waals surface area contributed by atoms with E-state index in [1.165, 1.54) is 16.7 Å². The van der Waals surface area contributed by atoms with Gasteiger partial charge < -0.3 is 4.57 Å². The topological polar surface area (TPSA) is 17.8 Å². The highest BCUT2D eigenvalue weighted by atomic mass is 15.0. The smallest absolute Gasteiger partial charge is 0.0951 e. The minimum atomic E-state index is 1.06. The van der Waals surface area contributed by atoms with Crippen LogP contribution in [-0.4, -0.2) is 9.55 Å². The molecule has 0 unspecified atom stereocenters. The molecule has 2 rings (SSSR count). The Morgan fingerprint density at radius 1 is 1.14 bits per heavy atom. The molecule has 0 aliphatic heterocycles. The lowest BCUT2D eigenvalue weighted by Gasteiger charge is -2.05. The van der Waals surface area contributed by atoms with Crippen LogP contribution in [0.15, 0.2) is 30.7 Å². The van der Waals surface area contributed by atoms with Gasteiger partial charge in [-0.1, -0.05) is 18.2 Å². The second-order valence-electron chi connectivity index (χ2n) is 3.69. The Hall–Kier alpha value is -1.57. The minimum Gasteiger partial charge on any atom is -0.340 e. The fourth-order valence-corrected chi connectivity index (χ4v) is 1.76. The summed E-state index contributed by atoms with van der Waals surface area (Å²) in [5.41, 5.74) is 4.88. The molecule has 0 saturated heterocycles. The number of aromatic nitrogens is 2. The lowest BCUT2D eigenvalue weighted by atomic mass is 10.0. The fraction of sp³-hybridized carbons (Fsp3) is 0.250. The van der Waals surface area contributed by atoms with Crippen molar-refractivity contribution in [2.24, 2.45) is 7.05 Å². The van der Waals surface area contributed by atoms with Crippen LogP contribution in [0.2, 0.25) is 0 Å². The predicted octanol–water partition coefficient (Wildman–Crippen LogP) is 2.70. The molecule has 0 atom stereocenters. The van der Waals surface area contributed by atoms with Crippen LogP contribution in [0.25, 0.3) is 11.3 Å². The summed E-state index contributed by atoms with van der Waals surface area (Å²) in [7, 11) is 1.99. The zero-order chi connectivity index (χ0) is 10.1. The summed E-state index contributed by atoms with van der Waals surface area (Å²) < 4.78 is 1.97. The van der Waals surface area contributed by atoms with Gasteiger partial charge >= 0.3 is 0 Å². The third-order valence-electron chi connectivity index (χ3n) is 2.44. The first kappa shape index (κ1) is 9.00. The molecular formula is C12H14N2. The minimum absolute atomic E-state index is 1.06. The Morgan fingerprint density at radius 2 is 1.79 bits per heavy atom. The molecule has 2 heteroatoms. The Labute approximate surface area is 84.2 Å². The lowest BCUT2D eigenvalue weighted by Crippen LogP contribution is -1.87. The molecule has 0 radical (unpaired) electrons. The zero-order valence-electron chi connectivity index (χ0n) is 8.78. The van der Waals surface area contributed by atoms with Gasteiger partial charge in [0.1, 0.15) is 0 Å². The molecule has 0 aliphatic carbocycles. The quantitative estimate of drug-likeness (QED) is 0.669. The van der Waals surface area contributed by atoms with Gasteiger partial charge in [-0.2, -0.15) is 0 Å². The summed E-state index contributed by atoms with van der Waals surface area (Å²) in [4.78, 5) is 4.37. The van der Waals surface area contributed by atoms with E-state index in [4.69, 9.17) is 0 Å². The Bertz CT molecular complexity index is 435. The lowest BCUT2D eigenvalue weighted by molar-refractivity contribution is 0.913. The maximum atomic E-state index is 4.37. The summed E-state index contributed by atoms with van der Waals surface area (Å²) in [6.07, 6.45) is 3.89. The van der Waals surface area contributed by atoms with E-state index in [1.54, 1.807) is 0 Å². The molecule has 0 fully saturated rings. The molecule has 0 amide bonds. The van der Waals surface area contributed by atoms with E-state index in [2.05, 4.69) is 43.2 Å². The van der Waals surface area contributed by atoms with Crippen LogP contribution >= 0.6 is 0 Å². The number of imidazole rings is 1. The van der Waals surface area contributed by atoms with Gasteiger partial charge in [0.05, 0.1) is 12.0 Å². The highest BCUT2D eigenvalue weighted by Crippen LogP contribution is 2.24. The van der Waals surface area contributed by atoms with Gasteiger partial charge in [0.2, 0.25) is 0 Å². The molecular weight excluding hydrogens is 172 g/mol. The van der Waals surface area contributed by atoms with E-state index < -0.39 is 0 Å². The van der Waals surface area contributed by atoms with Crippen molar-refractivity contribution in [1.82, 2.24) is 9.55 Å². The van der Waals surface area contributed by atoms with E-state index >= 15 is 0 Å². The van der Waals surface area contributed by atoms with Gasteiger partial charge in [-0.25, -0.2) is 4.98 Å².